The quantitative estimate of drug-likeness (QED) is 0.649. The van der Waals surface area contributed by atoms with Crippen LogP contribution in [0.25, 0.3) is 10.2 Å². The Kier molecular flexibility index (Phi) is 5.27. The number of hydrogen-bond donors (Lipinski definition) is 1. The zero-order valence-electron chi connectivity index (χ0n) is 13.9. The largest absolute Gasteiger partial charge is 0.348 e. The molecule has 0 bridgehead atoms. The van der Waals surface area contributed by atoms with Crippen LogP contribution in [0, 0.1) is 0 Å². The van der Waals surface area contributed by atoms with Crippen LogP contribution in [0.3, 0.4) is 0 Å². The van der Waals surface area contributed by atoms with E-state index in [-0.39, 0.29) is 11.9 Å². The van der Waals surface area contributed by atoms with E-state index in [0.717, 1.165) is 33.9 Å². The summed E-state index contributed by atoms with van der Waals surface area (Å²) in [6.45, 7) is 4.84. The van der Waals surface area contributed by atoms with Crippen LogP contribution in [0.5, 0.6) is 0 Å². The summed E-state index contributed by atoms with van der Waals surface area (Å²) in [7, 11) is 0. The molecule has 0 unspecified atom stereocenters. The van der Waals surface area contributed by atoms with Gasteiger partial charge in [-0.2, -0.15) is 0 Å². The van der Waals surface area contributed by atoms with Crippen LogP contribution in [0.2, 0.25) is 4.34 Å². The molecule has 0 saturated heterocycles. The number of hydrogen-bond acceptors (Lipinski definition) is 2. The van der Waals surface area contributed by atoms with Gasteiger partial charge in [-0.25, -0.2) is 0 Å². The van der Waals surface area contributed by atoms with Crippen LogP contribution < -0.4 is 5.32 Å². The lowest BCUT2D eigenvalue weighted by Crippen LogP contribution is -2.34. The van der Waals surface area contributed by atoms with Gasteiger partial charge in [0.2, 0.25) is 0 Å². The van der Waals surface area contributed by atoms with Crippen molar-refractivity contribution >= 4 is 39.1 Å². The molecule has 2 aromatic heterocycles. The highest BCUT2D eigenvalue weighted by atomic mass is 35.5. The summed E-state index contributed by atoms with van der Waals surface area (Å²) in [4.78, 5) is 12.6. The molecule has 0 spiro atoms. The summed E-state index contributed by atoms with van der Waals surface area (Å²) in [6.07, 6.45) is 1.88. The number of carbonyl (C=O) groups excluding carboxylic acids is 1. The molecule has 1 aromatic carbocycles. The molecular weight excluding hydrogens is 340 g/mol. The number of nitrogens with zero attached hydrogens (tertiary/aromatic N) is 1. The first-order valence-electron chi connectivity index (χ1n) is 8.22. The number of nitrogens with one attached hydrogen (secondary N) is 1. The Hall–Kier alpha value is -1.78. The molecule has 24 heavy (non-hydrogen) atoms. The number of aryl methyl sites for hydroxylation is 2. The van der Waals surface area contributed by atoms with Gasteiger partial charge in [0.25, 0.3) is 5.91 Å². The van der Waals surface area contributed by atoms with Crippen molar-refractivity contribution in [1.82, 2.24) is 9.88 Å². The lowest BCUT2D eigenvalue weighted by molar-refractivity contribution is 0.0929. The summed E-state index contributed by atoms with van der Waals surface area (Å²) in [5.41, 5.74) is 3.04. The number of thiophene rings is 1. The molecule has 3 rings (SSSR count). The summed E-state index contributed by atoms with van der Waals surface area (Å²) < 4.78 is 3.84. The fourth-order valence-electron chi connectivity index (χ4n) is 2.94. The molecule has 0 aliphatic rings. The second kappa shape index (κ2) is 7.41. The molecule has 0 fully saturated rings. The molecule has 1 amide bonds. The number of aromatic nitrogens is 1. The molecule has 0 radical (unpaired) electrons. The minimum absolute atomic E-state index is 0.0167. The lowest BCUT2D eigenvalue weighted by atomic mass is 10.1. The predicted octanol–water partition coefficient (Wildman–Crippen LogP) is 5.13. The highest BCUT2D eigenvalue weighted by Crippen LogP contribution is 2.32. The van der Waals surface area contributed by atoms with Crippen molar-refractivity contribution in [1.29, 1.82) is 0 Å². The van der Waals surface area contributed by atoms with E-state index in [1.54, 1.807) is 0 Å². The molecular formula is C19H21ClN2OS. The third-order valence-corrected chi connectivity index (χ3v) is 5.40. The van der Waals surface area contributed by atoms with Crippen LogP contribution in [0.1, 0.15) is 36.3 Å². The fourth-order valence-corrected chi connectivity index (χ4v) is 4.12. The van der Waals surface area contributed by atoms with Gasteiger partial charge < -0.3 is 9.88 Å². The first kappa shape index (κ1) is 17.1. The number of halogens is 1. The Morgan fingerprint density at radius 1 is 1.29 bits per heavy atom. The molecule has 1 N–H and O–H groups in total. The van der Waals surface area contributed by atoms with Crippen LogP contribution in [0.4, 0.5) is 0 Å². The first-order valence-corrected chi connectivity index (χ1v) is 9.41. The van der Waals surface area contributed by atoms with E-state index in [0.29, 0.717) is 5.69 Å². The minimum Gasteiger partial charge on any atom is -0.348 e. The minimum atomic E-state index is -0.0167. The molecule has 5 heteroatoms. The van der Waals surface area contributed by atoms with Crippen molar-refractivity contribution < 1.29 is 4.79 Å². The average molecular weight is 361 g/mol. The second-order valence-electron chi connectivity index (χ2n) is 5.97. The van der Waals surface area contributed by atoms with Gasteiger partial charge in [-0.15, -0.1) is 11.3 Å². The third-order valence-electron chi connectivity index (χ3n) is 4.19. The average Bonchev–Trinajstić information content (AvgIpc) is 3.09. The van der Waals surface area contributed by atoms with Gasteiger partial charge in [0.05, 0.1) is 14.6 Å². The topological polar surface area (TPSA) is 34.0 Å². The van der Waals surface area contributed by atoms with Gasteiger partial charge in [-0.1, -0.05) is 41.9 Å². The zero-order valence-corrected chi connectivity index (χ0v) is 15.5. The molecule has 0 saturated carbocycles. The van der Waals surface area contributed by atoms with Crippen molar-refractivity contribution in [3.8, 4) is 0 Å². The number of carbonyl (C=O) groups is 1. The van der Waals surface area contributed by atoms with E-state index >= 15 is 0 Å². The molecule has 0 aliphatic carbocycles. The Bertz CT molecular complexity index is 838. The normalized spacial score (nSPS) is 12.5. The Balaban J connectivity index is 1.67. The highest BCUT2D eigenvalue weighted by molar-refractivity contribution is 7.22. The molecule has 1 atom stereocenters. The van der Waals surface area contributed by atoms with Gasteiger partial charge in [0, 0.05) is 12.6 Å². The van der Waals surface area contributed by atoms with Gasteiger partial charge >= 0.3 is 0 Å². The van der Waals surface area contributed by atoms with E-state index in [1.807, 2.05) is 41.8 Å². The van der Waals surface area contributed by atoms with Gasteiger partial charge in [-0.3, -0.25) is 4.79 Å². The Labute approximate surface area is 151 Å². The van der Waals surface area contributed by atoms with E-state index in [9.17, 15) is 4.79 Å². The monoisotopic (exact) mass is 360 g/mol. The third kappa shape index (κ3) is 3.65. The Morgan fingerprint density at radius 3 is 2.75 bits per heavy atom. The maximum atomic E-state index is 12.6. The molecule has 2 heterocycles. The lowest BCUT2D eigenvalue weighted by Gasteiger charge is -2.15. The summed E-state index contributed by atoms with van der Waals surface area (Å²) in [5.74, 6) is -0.0167. The van der Waals surface area contributed by atoms with Crippen molar-refractivity contribution in [2.24, 2.45) is 0 Å². The standard InChI is InChI=1S/C19H21ClN2OS/c1-3-22-15-12-18(20)24-17(15)11-16(22)19(23)21-13(2)9-10-14-7-5-4-6-8-14/h4-8,11-13H,3,9-10H2,1-2H3,(H,21,23)/t13-/m1/s1. The molecule has 3 aromatic rings. The smallest absolute Gasteiger partial charge is 0.268 e. The fraction of sp³-hybridized carbons (Fsp3) is 0.316. The van der Waals surface area contributed by atoms with Crippen molar-refractivity contribution in [3.05, 3.63) is 58.1 Å². The summed E-state index contributed by atoms with van der Waals surface area (Å²) in [5, 5.41) is 3.12. The van der Waals surface area contributed by atoms with Gasteiger partial charge in [0.1, 0.15) is 5.69 Å². The maximum Gasteiger partial charge on any atom is 0.268 e. The van der Waals surface area contributed by atoms with Crippen molar-refractivity contribution in [2.45, 2.75) is 39.3 Å². The predicted molar refractivity (Wildman–Crippen MR) is 102 cm³/mol. The van der Waals surface area contributed by atoms with E-state index in [4.69, 9.17) is 11.6 Å². The van der Waals surface area contributed by atoms with Crippen LogP contribution in [-0.4, -0.2) is 16.5 Å². The first-order chi connectivity index (χ1) is 11.6. The van der Waals surface area contributed by atoms with Crippen molar-refractivity contribution in [3.63, 3.8) is 0 Å². The molecule has 0 aliphatic heterocycles. The molecule has 126 valence electrons. The number of fused-ring (bicyclic) bond motifs is 1. The maximum absolute atomic E-state index is 12.6. The second-order valence-corrected chi connectivity index (χ2v) is 7.69. The number of benzene rings is 1. The number of amides is 1. The van der Waals surface area contributed by atoms with Crippen LogP contribution >= 0.6 is 22.9 Å². The van der Waals surface area contributed by atoms with E-state index in [2.05, 4.69) is 24.4 Å². The van der Waals surface area contributed by atoms with Crippen LogP contribution in [0.15, 0.2) is 42.5 Å². The summed E-state index contributed by atoms with van der Waals surface area (Å²) >= 11 is 7.58. The molecule has 3 nitrogen and oxygen atoms in total. The number of rotatable bonds is 6. The SMILES string of the molecule is CCn1c(C(=O)N[C@H](C)CCc2ccccc2)cc2sc(Cl)cc21. The van der Waals surface area contributed by atoms with Crippen LogP contribution in [-0.2, 0) is 13.0 Å². The van der Waals surface area contributed by atoms with Gasteiger partial charge in [-0.05, 0) is 44.4 Å². The van der Waals surface area contributed by atoms with E-state index in [1.165, 1.54) is 16.9 Å². The Morgan fingerprint density at radius 2 is 2.04 bits per heavy atom. The summed E-state index contributed by atoms with van der Waals surface area (Å²) in [6, 6.07) is 14.3. The van der Waals surface area contributed by atoms with Gasteiger partial charge in [0.15, 0.2) is 0 Å². The van der Waals surface area contributed by atoms with Crippen molar-refractivity contribution in [2.75, 3.05) is 0 Å². The zero-order chi connectivity index (χ0) is 17.1. The highest BCUT2D eigenvalue weighted by Gasteiger charge is 2.18. The van der Waals surface area contributed by atoms with E-state index < -0.39 is 0 Å².